The molecule has 2 unspecified atom stereocenters. The molecule has 2 atom stereocenters. The lowest BCUT2D eigenvalue weighted by Gasteiger charge is -2.47. The first-order valence-electron chi connectivity index (χ1n) is 20.5. The molecule has 0 saturated heterocycles. The third-order valence-electron chi connectivity index (χ3n) is 12.8. The van der Waals surface area contributed by atoms with Crippen molar-refractivity contribution in [1.29, 1.82) is 0 Å². The van der Waals surface area contributed by atoms with E-state index in [2.05, 4.69) is 150 Å². The molecule has 6 heteroatoms. The first kappa shape index (κ1) is 34.8. The minimum atomic E-state index is -3.44. The van der Waals surface area contributed by atoms with Crippen molar-refractivity contribution in [2.75, 3.05) is 4.90 Å². The molecule has 1 aromatic heterocycles. The summed E-state index contributed by atoms with van der Waals surface area (Å²) in [5.74, 6) is 1.54. The lowest BCUT2D eigenvalue weighted by atomic mass is 9.63. The molecule has 0 bridgehead atoms. The van der Waals surface area contributed by atoms with E-state index in [1.54, 1.807) is 0 Å². The number of benzene rings is 9. The van der Waals surface area contributed by atoms with Crippen LogP contribution in [-0.2, 0) is 9.98 Å². The van der Waals surface area contributed by atoms with Crippen LogP contribution in [0.15, 0.2) is 220 Å². The zero-order chi connectivity index (χ0) is 40.3. The predicted molar refractivity (Wildman–Crippen MR) is 249 cm³/mol. The Labute approximate surface area is 357 Å². The van der Waals surface area contributed by atoms with Crippen molar-refractivity contribution in [2.45, 2.75) is 15.2 Å². The van der Waals surface area contributed by atoms with Gasteiger partial charge in [-0.15, -0.1) is 0 Å². The number of para-hydroxylation sites is 4. The maximum atomic E-state index is 16.5. The third kappa shape index (κ3) is 4.82. The molecular formula is C55H34NO3PS. The summed E-state index contributed by atoms with van der Waals surface area (Å²) in [6.07, 6.45) is 0. The van der Waals surface area contributed by atoms with Crippen LogP contribution < -0.4 is 25.6 Å². The number of hydrogen-bond acceptors (Lipinski definition) is 5. The van der Waals surface area contributed by atoms with Crippen LogP contribution in [0.25, 0.3) is 33.1 Å². The van der Waals surface area contributed by atoms with E-state index in [4.69, 9.17) is 9.15 Å². The topological polar surface area (TPSA) is 42.7 Å². The molecule has 0 saturated carbocycles. The van der Waals surface area contributed by atoms with Crippen molar-refractivity contribution in [2.24, 2.45) is 0 Å². The monoisotopic (exact) mass is 819 g/mol. The second kappa shape index (κ2) is 13.0. The highest BCUT2D eigenvalue weighted by atomic mass is 32.2. The minimum Gasteiger partial charge on any atom is -0.457 e. The molecule has 10 aromatic rings. The van der Waals surface area contributed by atoms with E-state index in [0.717, 1.165) is 99.8 Å². The Morgan fingerprint density at radius 2 is 1.13 bits per heavy atom. The van der Waals surface area contributed by atoms with Gasteiger partial charge in [-0.1, -0.05) is 151 Å². The first-order chi connectivity index (χ1) is 30.1. The largest absolute Gasteiger partial charge is 0.457 e. The molecule has 13 rings (SSSR count). The van der Waals surface area contributed by atoms with Crippen molar-refractivity contribution in [3.8, 4) is 22.6 Å². The molecule has 0 radical (unpaired) electrons. The molecule has 0 aliphatic carbocycles. The highest BCUT2D eigenvalue weighted by molar-refractivity contribution is 7.99. The van der Waals surface area contributed by atoms with Gasteiger partial charge in [-0.25, -0.2) is 0 Å². The minimum absolute atomic E-state index is 0.721. The van der Waals surface area contributed by atoms with Crippen LogP contribution in [0.1, 0.15) is 22.3 Å². The molecule has 0 N–H and O–H groups in total. The molecule has 3 aliphatic heterocycles. The van der Waals surface area contributed by atoms with Gasteiger partial charge in [-0.05, 0) is 89.0 Å². The van der Waals surface area contributed by atoms with E-state index < -0.39 is 12.6 Å². The summed E-state index contributed by atoms with van der Waals surface area (Å²) in [5, 5.41) is 4.41. The molecule has 0 amide bonds. The average Bonchev–Trinajstić information content (AvgIpc) is 3.69. The van der Waals surface area contributed by atoms with Gasteiger partial charge in [0.1, 0.15) is 22.7 Å². The average molecular weight is 820 g/mol. The van der Waals surface area contributed by atoms with Gasteiger partial charge in [0.25, 0.3) is 0 Å². The summed E-state index contributed by atoms with van der Waals surface area (Å²) in [6, 6.07) is 71.9. The Morgan fingerprint density at radius 1 is 0.459 bits per heavy atom. The fourth-order valence-electron chi connectivity index (χ4n) is 10.2. The van der Waals surface area contributed by atoms with E-state index in [0.29, 0.717) is 0 Å². The molecule has 0 fully saturated rings. The van der Waals surface area contributed by atoms with Gasteiger partial charge in [-0.2, -0.15) is 0 Å². The smallest absolute Gasteiger partial charge is 0.171 e. The Bertz CT molecular complexity index is 3460. The van der Waals surface area contributed by atoms with Gasteiger partial charge in [0, 0.05) is 53.3 Å². The Kier molecular flexibility index (Phi) is 7.40. The van der Waals surface area contributed by atoms with E-state index >= 15 is 4.57 Å². The Morgan fingerprint density at radius 3 is 1.97 bits per heavy atom. The SMILES string of the molecule is O=P1(c2ccccc2)c2ccccc2C2(c3ccccc3Oc3cc(-c4cccc(N5c6ccccc6Sc6ccccc65)c4)ccc32)c2cc3c(cc21)oc1ccccc13. The second-order valence-electron chi connectivity index (χ2n) is 15.9. The van der Waals surface area contributed by atoms with Crippen molar-refractivity contribution in [1.82, 2.24) is 0 Å². The van der Waals surface area contributed by atoms with Crippen molar-refractivity contribution in [3.63, 3.8) is 0 Å². The van der Waals surface area contributed by atoms with Crippen molar-refractivity contribution < 1.29 is 13.7 Å². The van der Waals surface area contributed by atoms with Crippen LogP contribution in [0.2, 0.25) is 0 Å². The van der Waals surface area contributed by atoms with Crippen molar-refractivity contribution >= 4 is 73.8 Å². The molecule has 4 nitrogen and oxygen atoms in total. The zero-order valence-corrected chi connectivity index (χ0v) is 34.4. The fraction of sp³-hybridized carbons (Fsp3) is 0.0182. The predicted octanol–water partition coefficient (Wildman–Crippen LogP) is 13.6. The molecule has 61 heavy (non-hydrogen) atoms. The molecule has 4 heterocycles. The summed E-state index contributed by atoms with van der Waals surface area (Å²) in [5.41, 5.74) is 10.2. The van der Waals surface area contributed by atoms with E-state index in [1.165, 1.54) is 9.79 Å². The number of nitrogens with zero attached hydrogens (tertiary/aromatic N) is 1. The fourth-order valence-corrected chi connectivity index (χ4v) is 14.4. The number of rotatable bonds is 3. The van der Waals surface area contributed by atoms with Crippen LogP contribution in [0, 0.1) is 0 Å². The molecule has 1 spiro atoms. The normalized spacial score (nSPS) is 18.1. The Balaban J connectivity index is 1.07. The van der Waals surface area contributed by atoms with Gasteiger partial charge < -0.3 is 18.6 Å². The van der Waals surface area contributed by atoms with Crippen LogP contribution in [-0.4, -0.2) is 0 Å². The maximum absolute atomic E-state index is 16.5. The maximum Gasteiger partial charge on any atom is 0.171 e. The van der Waals surface area contributed by atoms with Crippen LogP contribution in [0.5, 0.6) is 11.5 Å². The lowest BCUT2D eigenvalue weighted by molar-refractivity contribution is 0.435. The second-order valence-corrected chi connectivity index (χ2v) is 19.7. The summed E-state index contributed by atoms with van der Waals surface area (Å²) in [7, 11) is -3.44. The summed E-state index contributed by atoms with van der Waals surface area (Å²) in [6.45, 7) is 0. The number of ether oxygens (including phenoxy) is 1. The Hall–Kier alpha value is -7.04. The zero-order valence-electron chi connectivity index (χ0n) is 32.7. The van der Waals surface area contributed by atoms with Gasteiger partial charge in [0.05, 0.1) is 16.8 Å². The van der Waals surface area contributed by atoms with E-state index in [-0.39, 0.29) is 0 Å². The highest BCUT2D eigenvalue weighted by Crippen LogP contribution is 2.62. The van der Waals surface area contributed by atoms with Crippen LogP contribution in [0.3, 0.4) is 0 Å². The molecule has 288 valence electrons. The standard InChI is InChI=1S/C55H34NO3PS/c57-60(38-17-2-1-3-18-38)51-26-11-6-21-43(51)55(44-33-40-39-19-4-9-24-47(39)58-49(40)34-52(44)60)41-20-5-10-25-48(41)59-50-32-36(29-30-42(50)55)35-15-14-16-37(31-35)56-45-22-7-12-27-53(45)61-54-28-13-8-23-46(54)56/h1-34H. The van der Waals surface area contributed by atoms with Gasteiger partial charge >= 0.3 is 0 Å². The van der Waals surface area contributed by atoms with Gasteiger partial charge in [-0.3, -0.25) is 0 Å². The number of anilines is 3. The quantitative estimate of drug-likeness (QED) is 0.166. The first-order valence-corrected chi connectivity index (χ1v) is 23.0. The van der Waals surface area contributed by atoms with E-state index in [1.807, 2.05) is 72.4 Å². The van der Waals surface area contributed by atoms with Gasteiger partial charge in [0.15, 0.2) is 7.14 Å². The van der Waals surface area contributed by atoms with Gasteiger partial charge in [0.2, 0.25) is 0 Å². The number of furan rings is 1. The van der Waals surface area contributed by atoms with Crippen LogP contribution >= 0.6 is 18.9 Å². The summed E-state index contributed by atoms with van der Waals surface area (Å²) in [4.78, 5) is 4.82. The third-order valence-corrected chi connectivity index (χ3v) is 17.0. The molecule has 3 aliphatic rings. The van der Waals surface area contributed by atoms with Crippen molar-refractivity contribution in [3.05, 3.63) is 229 Å². The highest BCUT2D eigenvalue weighted by Gasteiger charge is 2.55. The lowest BCUT2D eigenvalue weighted by Crippen LogP contribution is -2.47. The summed E-state index contributed by atoms with van der Waals surface area (Å²) >= 11 is 1.81. The summed E-state index contributed by atoms with van der Waals surface area (Å²) < 4.78 is 30.0. The van der Waals surface area contributed by atoms with Crippen LogP contribution in [0.4, 0.5) is 17.1 Å². The number of hydrogen-bond donors (Lipinski definition) is 0. The molecular weight excluding hydrogens is 786 g/mol. The molecule has 9 aromatic carbocycles. The number of fused-ring (bicyclic) bond motifs is 13. The van der Waals surface area contributed by atoms with E-state index in [9.17, 15) is 0 Å².